The lowest BCUT2D eigenvalue weighted by Crippen LogP contribution is -2.30. The Morgan fingerprint density at radius 2 is 1.77 bits per heavy atom. The van der Waals surface area contributed by atoms with Crippen LogP contribution in [0.15, 0.2) is 60.6 Å². The van der Waals surface area contributed by atoms with E-state index < -0.39 is 5.97 Å². The number of rotatable bonds is 12. The standard InChI is InChI=1S/C22H27ClN4O4/c1-15(17-7-9-19(23)10-8-17)27-20(14-26-31-2)25-13-16-3-5-18(6-4-16)22(30)24-12-11-21(28)29/h3-10,14-15,25-27H,11-13H2,1-2H3,(H,24,30)(H,28,29)/b20-14+. The number of amides is 1. The maximum atomic E-state index is 12.0. The summed E-state index contributed by atoms with van der Waals surface area (Å²) in [5.74, 6) is -0.531. The molecule has 0 bridgehead atoms. The number of halogens is 1. The van der Waals surface area contributed by atoms with Crippen LogP contribution in [-0.4, -0.2) is 30.6 Å². The number of aliphatic carboxylic acids is 1. The van der Waals surface area contributed by atoms with Gasteiger partial charge in [-0.15, -0.1) is 0 Å². The fraction of sp³-hybridized carbons (Fsp3) is 0.273. The Bertz CT molecular complexity index is 885. The smallest absolute Gasteiger partial charge is 0.305 e. The van der Waals surface area contributed by atoms with E-state index in [2.05, 4.69) is 21.4 Å². The maximum absolute atomic E-state index is 12.0. The number of carboxylic acids is 1. The molecule has 1 amide bonds. The Hall–Kier alpha value is -3.23. The Balaban J connectivity index is 1.93. The summed E-state index contributed by atoms with van der Waals surface area (Å²) >= 11 is 5.96. The first-order valence-corrected chi connectivity index (χ1v) is 10.1. The third-order valence-electron chi connectivity index (χ3n) is 4.39. The average Bonchev–Trinajstić information content (AvgIpc) is 2.76. The van der Waals surface area contributed by atoms with E-state index >= 15 is 0 Å². The summed E-state index contributed by atoms with van der Waals surface area (Å²) < 4.78 is 0. The van der Waals surface area contributed by atoms with Crippen LogP contribution in [0.1, 0.15) is 40.9 Å². The zero-order valence-electron chi connectivity index (χ0n) is 17.4. The van der Waals surface area contributed by atoms with Gasteiger partial charge in [-0.2, -0.15) is 0 Å². The first-order valence-electron chi connectivity index (χ1n) is 9.72. The third kappa shape index (κ3) is 8.57. The predicted molar refractivity (Wildman–Crippen MR) is 119 cm³/mol. The van der Waals surface area contributed by atoms with Crippen LogP contribution < -0.4 is 21.4 Å². The molecule has 0 aliphatic rings. The zero-order chi connectivity index (χ0) is 22.6. The van der Waals surface area contributed by atoms with Gasteiger partial charge in [-0.25, -0.2) is 0 Å². The van der Waals surface area contributed by atoms with E-state index in [4.69, 9.17) is 21.5 Å². The highest BCUT2D eigenvalue weighted by Crippen LogP contribution is 2.17. The monoisotopic (exact) mass is 446 g/mol. The van der Waals surface area contributed by atoms with Crippen molar-refractivity contribution >= 4 is 23.5 Å². The number of carbonyl (C=O) groups excluding carboxylic acids is 1. The van der Waals surface area contributed by atoms with E-state index in [9.17, 15) is 9.59 Å². The predicted octanol–water partition coefficient (Wildman–Crippen LogP) is 2.93. The second-order valence-corrected chi connectivity index (χ2v) is 7.18. The molecule has 0 radical (unpaired) electrons. The molecule has 2 rings (SSSR count). The van der Waals surface area contributed by atoms with Gasteiger partial charge in [0.2, 0.25) is 0 Å². The summed E-state index contributed by atoms with van der Waals surface area (Å²) in [5.41, 5.74) is 5.21. The lowest BCUT2D eigenvalue weighted by atomic mass is 10.1. The van der Waals surface area contributed by atoms with Gasteiger partial charge in [-0.3, -0.25) is 19.9 Å². The molecule has 0 aliphatic carbocycles. The normalized spacial score (nSPS) is 12.0. The molecule has 1 unspecified atom stereocenters. The van der Waals surface area contributed by atoms with E-state index in [0.717, 1.165) is 16.9 Å². The summed E-state index contributed by atoms with van der Waals surface area (Å²) in [6.07, 6.45) is 1.57. The fourth-order valence-electron chi connectivity index (χ4n) is 2.69. The molecule has 2 aromatic rings. The van der Waals surface area contributed by atoms with Gasteiger partial charge < -0.3 is 21.1 Å². The van der Waals surface area contributed by atoms with Crippen LogP contribution >= 0.6 is 11.6 Å². The lowest BCUT2D eigenvalue weighted by molar-refractivity contribution is -0.136. The van der Waals surface area contributed by atoms with Crippen LogP contribution in [0.4, 0.5) is 0 Å². The molecular formula is C22H27ClN4O4. The Kier molecular flexibility index (Phi) is 9.67. The molecule has 0 heterocycles. The van der Waals surface area contributed by atoms with Crippen molar-refractivity contribution in [2.45, 2.75) is 25.9 Å². The molecule has 2 aromatic carbocycles. The first kappa shape index (κ1) is 24.0. The van der Waals surface area contributed by atoms with Crippen molar-refractivity contribution in [2.24, 2.45) is 0 Å². The molecule has 9 heteroatoms. The Morgan fingerprint density at radius 3 is 2.39 bits per heavy atom. The second kappa shape index (κ2) is 12.5. The van der Waals surface area contributed by atoms with Crippen LogP contribution in [0.2, 0.25) is 5.02 Å². The van der Waals surface area contributed by atoms with Crippen LogP contribution in [0.25, 0.3) is 0 Å². The van der Waals surface area contributed by atoms with Crippen LogP contribution in [0, 0.1) is 0 Å². The molecule has 0 aliphatic heterocycles. The molecule has 166 valence electrons. The minimum Gasteiger partial charge on any atom is -0.481 e. The van der Waals surface area contributed by atoms with Gasteiger partial charge in [0.25, 0.3) is 5.91 Å². The van der Waals surface area contributed by atoms with Crippen molar-refractivity contribution in [1.29, 1.82) is 0 Å². The summed E-state index contributed by atoms with van der Waals surface area (Å²) in [4.78, 5) is 27.5. The second-order valence-electron chi connectivity index (χ2n) is 6.75. The number of hydrogen-bond donors (Lipinski definition) is 5. The van der Waals surface area contributed by atoms with Crippen molar-refractivity contribution in [1.82, 2.24) is 21.4 Å². The molecule has 8 nitrogen and oxygen atoms in total. The van der Waals surface area contributed by atoms with Crippen LogP contribution in [-0.2, 0) is 16.2 Å². The van der Waals surface area contributed by atoms with Gasteiger partial charge in [0.1, 0.15) is 5.82 Å². The third-order valence-corrected chi connectivity index (χ3v) is 4.64. The molecule has 31 heavy (non-hydrogen) atoms. The number of hydroxylamine groups is 1. The fourth-order valence-corrected chi connectivity index (χ4v) is 2.81. The lowest BCUT2D eigenvalue weighted by Gasteiger charge is -2.20. The molecule has 0 spiro atoms. The van der Waals surface area contributed by atoms with Gasteiger partial charge in [0.15, 0.2) is 0 Å². The average molecular weight is 447 g/mol. The highest BCUT2D eigenvalue weighted by Gasteiger charge is 2.09. The van der Waals surface area contributed by atoms with E-state index in [1.54, 1.807) is 18.3 Å². The number of nitrogens with one attached hydrogen (secondary N) is 4. The highest BCUT2D eigenvalue weighted by molar-refractivity contribution is 6.30. The molecule has 0 aromatic heterocycles. The number of hydrogen-bond acceptors (Lipinski definition) is 6. The summed E-state index contributed by atoms with van der Waals surface area (Å²) in [5, 5.41) is 18.6. The first-order chi connectivity index (χ1) is 14.9. The molecule has 5 N–H and O–H groups in total. The van der Waals surface area contributed by atoms with E-state index in [1.165, 1.54) is 7.11 Å². The van der Waals surface area contributed by atoms with Crippen LogP contribution in [0.5, 0.6) is 0 Å². The van der Waals surface area contributed by atoms with Crippen molar-refractivity contribution in [3.8, 4) is 0 Å². The van der Waals surface area contributed by atoms with E-state index in [-0.39, 0.29) is 24.9 Å². The van der Waals surface area contributed by atoms with Gasteiger partial charge >= 0.3 is 5.97 Å². The number of carboxylic acid groups (broad SMARTS) is 1. The SMILES string of the molecule is CON/C=C(\NCc1ccc(C(=O)NCCC(=O)O)cc1)NC(C)c1ccc(Cl)cc1. The summed E-state index contributed by atoms with van der Waals surface area (Å²) in [6.45, 7) is 2.64. The molecular weight excluding hydrogens is 420 g/mol. The van der Waals surface area contributed by atoms with Crippen molar-refractivity contribution < 1.29 is 19.5 Å². The van der Waals surface area contributed by atoms with E-state index in [0.29, 0.717) is 17.1 Å². The summed E-state index contributed by atoms with van der Waals surface area (Å²) in [7, 11) is 1.52. The van der Waals surface area contributed by atoms with E-state index in [1.807, 2.05) is 43.3 Å². The van der Waals surface area contributed by atoms with Gasteiger partial charge in [0.05, 0.1) is 19.7 Å². The summed E-state index contributed by atoms with van der Waals surface area (Å²) in [6, 6.07) is 14.7. The van der Waals surface area contributed by atoms with Gasteiger partial charge in [0, 0.05) is 29.7 Å². The quantitative estimate of drug-likeness (QED) is 0.319. The van der Waals surface area contributed by atoms with Gasteiger partial charge in [-0.05, 0) is 42.3 Å². The minimum atomic E-state index is -0.951. The zero-order valence-corrected chi connectivity index (χ0v) is 18.2. The molecule has 0 saturated carbocycles. The van der Waals surface area contributed by atoms with Crippen molar-refractivity contribution in [2.75, 3.05) is 13.7 Å². The Labute approximate surface area is 186 Å². The molecule has 1 atom stereocenters. The molecule has 0 saturated heterocycles. The number of carbonyl (C=O) groups is 2. The largest absolute Gasteiger partial charge is 0.481 e. The Morgan fingerprint density at radius 1 is 1.10 bits per heavy atom. The molecule has 0 fully saturated rings. The van der Waals surface area contributed by atoms with Crippen molar-refractivity contribution in [3.63, 3.8) is 0 Å². The van der Waals surface area contributed by atoms with Crippen LogP contribution in [0.3, 0.4) is 0 Å². The van der Waals surface area contributed by atoms with Crippen molar-refractivity contribution in [3.05, 3.63) is 82.3 Å². The minimum absolute atomic E-state index is 0.0200. The highest BCUT2D eigenvalue weighted by atomic mass is 35.5. The maximum Gasteiger partial charge on any atom is 0.305 e. The topological polar surface area (TPSA) is 112 Å². The number of benzene rings is 2. The van der Waals surface area contributed by atoms with Gasteiger partial charge in [-0.1, -0.05) is 35.9 Å².